The van der Waals surface area contributed by atoms with E-state index in [1.54, 1.807) is 13.8 Å². The van der Waals surface area contributed by atoms with Crippen molar-refractivity contribution in [1.82, 2.24) is 4.98 Å². The quantitative estimate of drug-likeness (QED) is 0.806. The van der Waals surface area contributed by atoms with Crippen LogP contribution in [0, 0.1) is 0 Å². The predicted molar refractivity (Wildman–Crippen MR) is 46.8 cm³/mol. The number of halogens is 3. The largest absolute Gasteiger partial charge is 0.478 e. The molecule has 0 aliphatic heterocycles. The minimum Gasteiger partial charge on any atom is -0.478 e. The van der Waals surface area contributed by atoms with Crippen LogP contribution in [0.3, 0.4) is 0 Å². The number of aromatic carboxylic acids is 1. The Morgan fingerprint density at radius 2 is 2.00 bits per heavy atom. The molecule has 0 aliphatic carbocycles. The van der Waals surface area contributed by atoms with Gasteiger partial charge in [0, 0.05) is 5.69 Å². The Labute approximate surface area is 83.9 Å². The number of carboxylic acids is 1. The molecule has 1 heterocycles. The van der Waals surface area contributed by atoms with Gasteiger partial charge >= 0.3 is 12.1 Å². The van der Waals surface area contributed by atoms with Gasteiger partial charge in [0.05, 0.1) is 5.56 Å². The first kappa shape index (κ1) is 11.6. The number of hydrogen-bond acceptors (Lipinski definition) is 1. The zero-order valence-electron chi connectivity index (χ0n) is 8.14. The van der Waals surface area contributed by atoms with Crippen LogP contribution in [0.25, 0.3) is 0 Å². The highest BCUT2D eigenvalue weighted by Crippen LogP contribution is 2.33. The van der Waals surface area contributed by atoms with Crippen molar-refractivity contribution >= 4 is 5.97 Å². The molecule has 0 atom stereocenters. The first-order valence-electron chi connectivity index (χ1n) is 4.27. The van der Waals surface area contributed by atoms with Crippen molar-refractivity contribution in [3.05, 3.63) is 23.0 Å². The van der Waals surface area contributed by atoms with Gasteiger partial charge < -0.3 is 10.1 Å². The molecule has 0 aromatic carbocycles. The smallest absolute Gasteiger partial charge is 0.432 e. The van der Waals surface area contributed by atoms with E-state index in [0.717, 1.165) is 6.07 Å². The zero-order valence-corrected chi connectivity index (χ0v) is 8.14. The van der Waals surface area contributed by atoms with E-state index in [0.29, 0.717) is 0 Å². The van der Waals surface area contributed by atoms with Crippen LogP contribution in [0.2, 0.25) is 0 Å². The number of aromatic amines is 1. The number of hydrogen-bond donors (Lipinski definition) is 2. The van der Waals surface area contributed by atoms with Crippen LogP contribution in [0.15, 0.2) is 6.07 Å². The maximum Gasteiger partial charge on any atom is 0.432 e. The van der Waals surface area contributed by atoms with Crippen LogP contribution >= 0.6 is 0 Å². The highest BCUT2D eigenvalue weighted by Gasteiger charge is 2.37. The van der Waals surface area contributed by atoms with Crippen LogP contribution in [-0.4, -0.2) is 16.1 Å². The summed E-state index contributed by atoms with van der Waals surface area (Å²) >= 11 is 0. The van der Waals surface area contributed by atoms with Gasteiger partial charge in [0.1, 0.15) is 5.69 Å². The Balaban J connectivity index is 3.30. The van der Waals surface area contributed by atoms with E-state index in [1.807, 2.05) is 0 Å². The molecule has 84 valence electrons. The minimum absolute atomic E-state index is 0.181. The number of carboxylic acid groups (broad SMARTS) is 1. The molecule has 0 aliphatic rings. The van der Waals surface area contributed by atoms with Crippen molar-refractivity contribution in [3.8, 4) is 0 Å². The molecule has 1 rings (SSSR count). The van der Waals surface area contributed by atoms with E-state index in [2.05, 4.69) is 4.98 Å². The number of carbonyl (C=O) groups is 1. The topological polar surface area (TPSA) is 53.1 Å². The van der Waals surface area contributed by atoms with Crippen LogP contribution in [0.5, 0.6) is 0 Å². The predicted octanol–water partition coefficient (Wildman–Crippen LogP) is 2.86. The number of rotatable bonds is 2. The Bertz CT molecular complexity index is 379. The molecule has 0 radical (unpaired) electrons. The van der Waals surface area contributed by atoms with Crippen LogP contribution in [-0.2, 0) is 6.18 Å². The average Bonchev–Trinajstić information content (AvgIpc) is 2.45. The molecule has 2 N–H and O–H groups in total. The van der Waals surface area contributed by atoms with E-state index in [-0.39, 0.29) is 11.6 Å². The summed E-state index contributed by atoms with van der Waals surface area (Å²) in [6.45, 7) is 3.36. The van der Waals surface area contributed by atoms with Gasteiger partial charge in [-0.1, -0.05) is 13.8 Å². The molecule has 0 bridgehead atoms. The molecule has 15 heavy (non-hydrogen) atoms. The van der Waals surface area contributed by atoms with Gasteiger partial charge in [0.2, 0.25) is 0 Å². The molecule has 6 heteroatoms. The third kappa shape index (κ3) is 2.31. The summed E-state index contributed by atoms with van der Waals surface area (Å²) in [5.41, 5.74) is -1.66. The Hall–Kier alpha value is -1.46. The summed E-state index contributed by atoms with van der Waals surface area (Å²) in [6, 6.07) is 1.02. The molecule has 0 amide bonds. The molecule has 1 aromatic heterocycles. The second kappa shape index (κ2) is 3.60. The zero-order chi connectivity index (χ0) is 11.8. The van der Waals surface area contributed by atoms with Gasteiger partial charge in [-0.25, -0.2) is 4.79 Å². The van der Waals surface area contributed by atoms with Crippen molar-refractivity contribution in [3.63, 3.8) is 0 Å². The monoisotopic (exact) mass is 221 g/mol. The number of nitrogens with one attached hydrogen (secondary N) is 1. The number of aromatic nitrogens is 1. The fourth-order valence-electron chi connectivity index (χ4n) is 1.18. The summed E-state index contributed by atoms with van der Waals surface area (Å²) < 4.78 is 37.2. The van der Waals surface area contributed by atoms with E-state index < -0.39 is 23.4 Å². The SMILES string of the molecule is CC(C)c1cc(C(=O)O)c(C(F)(F)F)[nH]1. The maximum absolute atomic E-state index is 12.4. The highest BCUT2D eigenvalue weighted by molar-refractivity contribution is 5.89. The molecule has 1 aromatic rings. The van der Waals surface area contributed by atoms with Gasteiger partial charge in [-0.3, -0.25) is 0 Å². The van der Waals surface area contributed by atoms with E-state index >= 15 is 0 Å². The average molecular weight is 221 g/mol. The van der Waals surface area contributed by atoms with Crippen molar-refractivity contribution in [2.45, 2.75) is 25.9 Å². The highest BCUT2D eigenvalue weighted by atomic mass is 19.4. The van der Waals surface area contributed by atoms with Gasteiger partial charge in [0.15, 0.2) is 0 Å². The Morgan fingerprint density at radius 1 is 1.47 bits per heavy atom. The molecule has 0 saturated heterocycles. The van der Waals surface area contributed by atoms with E-state index in [9.17, 15) is 18.0 Å². The van der Waals surface area contributed by atoms with Gasteiger partial charge in [-0.05, 0) is 12.0 Å². The summed E-state index contributed by atoms with van der Waals surface area (Å²) in [7, 11) is 0. The molecule has 0 fully saturated rings. The van der Waals surface area contributed by atoms with Crippen LogP contribution in [0.4, 0.5) is 13.2 Å². The Kier molecular flexibility index (Phi) is 2.79. The summed E-state index contributed by atoms with van der Waals surface area (Å²) in [4.78, 5) is 12.7. The lowest BCUT2D eigenvalue weighted by atomic mass is 10.1. The molecular formula is C9H10F3NO2. The first-order chi connectivity index (χ1) is 6.73. The number of alkyl halides is 3. The first-order valence-corrected chi connectivity index (χ1v) is 4.27. The molecule has 0 unspecified atom stereocenters. The second-order valence-electron chi connectivity index (χ2n) is 3.47. The van der Waals surface area contributed by atoms with Crippen LogP contribution in [0.1, 0.15) is 41.5 Å². The third-order valence-electron chi connectivity index (χ3n) is 1.97. The molecular weight excluding hydrogens is 211 g/mol. The number of H-pyrrole nitrogens is 1. The summed E-state index contributed by atoms with van der Waals surface area (Å²) in [6.07, 6.45) is -4.67. The van der Waals surface area contributed by atoms with Crippen molar-refractivity contribution in [2.24, 2.45) is 0 Å². The minimum atomic E-state index is -4.67. The fraction of sp³-hybridized carbons (Fsp3) is 0.444. The second-order valence-corrected chi connectivity index (χ2v) is 3.47. The molecule has 0 spiro atoms. The standard InChI is InChI=1S/C9H10F3NO2/c1-4(2)6-3-5(8(14)15)7(13-6)9(10,11)12/h3-4,13H,1-2H3,(H,14,15). The fourth-order valence-corrected chi connectivity index (χ4v) is 1.18. The van der Waals surface area contributed by atoms with Crippen LogP contribution < -0.4 is 0 Å². The molecule has 0 saturated carbocycles. The van der Waals surface area contributed by atoms with Gasteiger partial charge in [0.25, 0.3) is 0 Å². The summed E-state index contributed by atoms with van der Waals surface area (Å²) in [5, 5.41) is 8.60. The van der Waals surface area contributed by atoms with E-state index in [4.69, 9.17) is 5.11 Å². The van der Waals surface area contributed by atoms with E-state index in [1.165, 1.54) is 0 Å². The third-order valence-corrected chi connectivity index (χ3v) is 1.97. The Morgan fingerprint density at radius 3 is 2.27 bits per heavy atom. The van der Waals surface area contributed by atoms with Crippen molar-refractivity contribution in [1.29, 1.82) is 0 Å². The van der Waals surface area contributed by atoms with Crippen molar-refractivity contribution < 1.29 is 23.1 Å². The lowest BCUT2D eigenvalue weighted by Gasteiger charge is -2.05. The maximum atomic E-state index is 12.4. The lowest BCUT2D eigenvalue weighted by Crippen LogP contribution is -2.11. The van der Waals surface area contributed by atoms with Gasteiger partial charge in [-0.2, -0.15) is 13.2 Å². The molecule has 3 nitrogen and oxygen atoms in total. The summed E-state index contributed by atoms with van der Waals surface area (Å²) in [5.74, 6) is -1.76. The van der Waals surface area contributed by atoms with Gasteiger partial charge in [-0.15, -0.1) is 0 Å². The lowest BCUT2D eigenvalue weighted by molar-refractivity contribution is -0.141. The van der Waals surface area contributed by atoms with Crippen molar-refractivity contribution in [2.75, 3.05) is 0 Å². The normalized spacial score (nSPS) is 12.1.